The van der Waals surface area contributed by atoms with Crippen molar-refractivity contribution in [3.05, 3.63) is 82.3 Å². The summed E-state index contributed by atoms with van der Waals surface area (Å²) >= 11 is 0. The van der Waals surface area contributed by atoms with Crippen LogP contribution >= 0.6 is 0 Å². The zero-order valence-electron chi connectivity index (χ0n) is 18.0. The molecule has 10 heteroatoms. The number of aromatic hydroxyl groups is 1. The fourth-order valence-electron chi connectivity index (χ4n) is 3.86. The zero-order chi connectivity index (χ0) is 24.5. The minimum Gasteiger partial charge on any atom is -0.507 e. The molecule has 2 aromatic carbocycles. The second kappa shape index (κ2) is 9.05. The van der Waals surface area contributed by atoms with Gasteiger partial charge < -0.3 is 14.8 Å². The number of nitrogens with one attached hydrogen (secondary N) is 2. The van der Waals surface area contributed by atoms with Crippen LogP contribution in [-0.4, -0.2) is 22.6 Å². The zero-order valence-corrected chi connectivity index (χ0v) is 18.0. The van der Waals surface area contributed by atoms with E-state index < -0.39 is 23.6 Å². The van der Waals surface area contributed by atoms with Gasteiger partial charge in [-0.15, -0.1) is 0 Å². The van der Waals surface area contributed by atoms with Crippen molar-refractivity contribution in [2.24, 2.45) is 5.10 Å². The van der Waals surface area contributed by atoms with E-state index in [-0.39, 0.29) is 22.8 Å². The van der Waals surface area contributed by atoms with Crippen molar-refractivity contribution in [3.63, 3.8) is 0 Å². The Morgan fingerprint density at radius 2 is 1.74 bits per heavy atom. The molecule has 0 spiro atoms. The highest BCUT2D eigenvalue weighted by molar-refractivity contribution is 6.09. The van der Waals surface area contributed by atoms with Crippen LogP contribution < -0.4 is 10.7 Å². The van der Waals surface area contributed by atoms with E-state index in [2.05, 4.69) is 15.8 Å². The molecule has 1 aliphatic rings. The topological polar surface area (TPSA) is 104 Å². The van der Waals surface area contributed by atoms with Gasteiger partial charge in [0.2, 0.25) is 0 Å². The Balaban J connectivity index is 1.60. The second-order valence-corrected chi connectivity index (χ2v) is 7.72. The van der Waals surface area contributed by atoms with Gasteiger partial charge in [-0.25, -0.2) is 5.43 Å². The summed E-state index contributed by atoms with van der Waals surface area (Å²) in [5.41, 5.74) is 2.53. The summed E-state index contributed by atoms with van der Waals surface area (Å²) in [7, 11) is 0. The number of alkyl halides is 3. The van der Waals surface area contributed by atoms with E-state index in [1.165, 1.54) is 30.3 Å². The summed E-state index contributed by atoms with van der Waals surface area (Å²) in [4.78, 5) is 25.2. The third-order valence-corrected chi connectivity index (χ3v) is 5.45. The van der Waals surface area contributed by atoms with E-state index in [9.17, 15) is 27.9 Å². The summed E-state index contributed by atoms with van der Waals surface area (Å²) in [5.74, 6) is -1.28. The van der Waals surface area contributed by atoms with Gasteiger partial charge >= 0.3 is 6.18 Å². The van der Waals surface area contributed by atoms with Gasteiger partial charge in [-0.3, -0.25) is 9.59 Å². The number of furan rings is 1. The number of hydrazone groups is 1. The standard InChI is InChI=1S/C24H20F3N3O4/c1-13-20-17(29-30-22(32)14-7-2-5-11-18(14)31)10-6-12-19(20)34-21(13)23(33)28-16-9-4-3-8-15(16)24(25,26)27/h2-5,7-9,11,31H,6,10,12H2,1H3,(H,28,33)(H,30,32)/b29-17+. The lowest BCUT2D eigenvalue weighted by molar-refractivity contribution is -0.136. The lowest BCUT2D eigenvalue weighted by atomic mass is 9.93. The first kappa shape index (κ1) is 23.1. The molecule has 3 aromatic rings. The molecule has 1 aromatic heterocycles. The summed E-state index contributed by atoms with van der Waals surface area (Å²) in [6.45, 7) is 1.61. The monoisotopic (exact) mass is 471 g/mol. The van der Waals surface area contributed by atoms with Crippen LogP contribution in [0.3, 0.4) is 0 Å². The van der Waals surface area contributed by atoms with E-state index in [1.54, 1.807) is 19.1 Å². The van der Waals surface area contributed by atoms with Crippen molar-refractivity contribution >= 4 is 23.2 Å². The molecular formula is C24H20F3N3O4. The smallest absolute Gasteiger partial charge is 0.418 e. The van der Waals surface area contributed by atoms with Crippen LogP contribution in [-0.2, 0) is 12.6 Å². The Morgan fingerprint density at radius 3 is 2.47 bits per heavy atom. The molecule has 4 rings (SSSR count). The van der Waals surface area contributed by atoms with Gasteiger partial charge in [0.15, 0.2) is 5.76 Å². The third kappa shape index (κ3) is 4.52. The number of aryl methyl sites for hydroxylation is 1. The maximum Gasteiger partial charge on any atom is 0.418 e. The van der Waals surface area contributed by atoms with Gasteiger partial charge in [0.25, 0.3) is 11.8 Å². The first-order valence-electron chi connectivity index (χ1n) is 10.4. The fraction of sp³-hybridized carbons (Fsp3) is 0.208. The molecule has 0 aliphatic heterocycles. The van der Waals surface area contributed by atoms with Crippen molar-refractivity contribution in [2.75, 3.05) is 5.32 Å². The number of hydrogen-bond acceptors (Lipinski definition) is 5. The predicted molar refractivity (Wildman–Crippen MR) is 118 cm³/mol. The van der Waals surface area contributed by atoms with Gasteiger partial charge in [0.05, 0.1) is 22.5 Å². The molecule has 0 fully saturated rings. The van der Waals surface area contributed by atoms with Gasteiger partial charge in [0, 0.05) is 17.5 Å². The minimum absolute atomic E-state index is 0.0511. The van der Waals surface area contributed by atoms with Crippen LogP contribution in [0.25, 0.3) is 0 Å². The summed E-state index contributed by atoms with van der Waals surface area (Å²) < 4.78 is 45.5. The lowest BCUT2D eigenvalue weighted by Gasteiger charge is -2.13. The molecule has 0 saturated carbocycles. The van der Waals surface area contributed by atoms with Crippen LogP contribution in [0, 0.1) is 6.92 Å². The van der Waals surface area contributed by atoms with Crippen LogP contribution in [0.2, 0.25) is 0 Å². The van der Waals surface area contributed by atoms with Crippen molar-refractivity contribution in [1.82, 2.24) is 5.43 Å². The van der Waals surface area contributed by atoms with Gasteiger partial charge in [-0.2, -0.15) is 18.3 Å². The molecule has 176 valence electrons. The van der Waals surface area contributed by atoms with Crippen LogP contribution in [0.4, 0.5) is 18.9 Å². The minimum atomic E-state index is -4.63. The van der Waals surface area contributed by atoms with Crippen molar-refractivity contribution in [2.45, 2.75) is 32.4 Å². The molecule has 0 saturated heterocycles. The average Bonchev–Trinajstić information content (AvgIpc) is 3.14. The number of anilines is 1. The predicted octanol–water partition coefficient (Wildman–Crippen LogP) is 5.04. The SMILES string of the molecule is Cc1c(C(=O)Nc2ccccc2C(F)(F)F)oc2c1/C(=N/NC(=O)c1ccccc1O)CCC2. The molecule has 2 amide bonds. The number of halogens is 3. The third-order valence-electron chi connectivity index (χ3n) is 5.45. The Kier molecular flexibility index (Phi) is 6.14. The number of fused-ring (bicyclic) bond motifs is 1. The van der Waals surface area contributed by atoms with Crippen LogP contribution in [0.1, 0.15) is 56.2 Å². The van der Waals surface area contributed by atoms with Crippen molar-refractivity contribution in [3.8, 4) is 5.75 Å². The summed E-state index contributed by atoms with van der Waals surface area (Å²) in [6.07, 6.45) is -2.99. The molecule has 34 heavy (non-hydrogen) atoms. The largest absolute Gasteiger partial charge is 0.507 e. The average molecular weight is 471 g/mol. The van der Waals surface area contributed by atoms with E-state index in [1.807, 2.05) is 0 Å². The summed E-state index contributed by atoms with van der Waals surface area (Å²) in [6, 6.07) is 10.7. The van der Waals surface area contributed by atoms with E-state index in [4.69, 9.17) is 4.42 Å². The molecule has 7 nitrogen and oxygen atoms in total. The number of phenolic OH excluding ortho intramolecular Hbond substituents is 1. The summed E-state index contributed by atoms with van der Waals surface area (Å²) in [5, 5.41) is 16.3. The van der Waals surface area contributed by atoms with Crippen LogP contribution in [0.15, 0.2) is 58.0 Å². The van der Waals surface area contributed by atoms with Crippen molar-refractivity contribution < 1.29 is 32.3 Å². The highest BCUT2D eigenvalue weighted by atomic mass is 19.4. The highest BCUT2D eigenvalue weighted by Gasteiger charge is 2.34. The number of phenols is 1. The maximum absolute atomic E-state index is 13.3. The molecule has 0 atom stereocenters. The normalized spacial score (nSPS) is 14.5. The number of para-hydroxylation sites is 2. The first-order chi connectivity index (χ1) is 16.2. The molecule has 0 bridgehead atoms. The van der Waals surface area contributed by atoms with Gasteiger partial charge in [-0.1, -0.05) is 24.3 Å². The lowest BCUT2D eigenvalue weighted by Crippen LogP contribution is -2.22. The van der Waals surface area contributed by atoms with Gasteiger partial charge in [-0.05, 0) is 44.0 Å². The Labute approximate surface area is 192 Å². The Bertz CT molecular complexity index is 1290. The maximum atomic E-state index is 13.3. The van der Waals surface area contributed by atoms with Gasteiger partial charge in [0.1, 0.15) is 11.5 Å². The number of nitrogens with zero attached hydrogens (tertiary/aromatic N) is 1. The number of hydrogen-bond donors (Lipinski definition) is 3. The number of amides is 2. The molecular weight excluding hydrogens is 451 g/mol. The molecule has 1 heterocycles. The van der Waals surface area contributed by atoms with E-state index in [0.29, 0.717) is 41.9 Å². The molecule has 3 N–H and O–H groups in total. The number of rotatable bonds is 4. The number of benzene rings is 2. The quantitative estimate of drug-likeness (QED) is 0.464. The van der Waals surface area contributed by atoms with Crippen molar-refractivity contribution in [1.29, 1.82) is 0 Å². The Hall–Kier alpha value is -4.08. The van der Waals surface area contributed by atoms with E-state index >= 15 is 0 Å². The second-order valence-electron chi connectivity index (χ2n) is 7.72. The highest BCUT2D eigenvalue weighted by Crippen LogP contribution is 2.35. The van der Waals surface area contributed by atoms with E-state index in [0.717, 1.165) is 6.07 Å². The number of carbonyl (C=O) groups excluding carboxylic acids is 2. The van der Waals surface area contributed by atoms with Crippen LogP contribution in [0.5, 0.6) is 5.75 Å². The fourth-order valence-corrected chi connectivity index (χ4v) is 3.86. The Morgan fingerprint density at radius 1 is 1.03 bits per heavy atom. The molecule has 0 radical (unpaired) electrons. The molecule has 0 unspecified atom stereocenters. The number of carbonyl (C=O) groups is 2. The first-order valence-corrected chi connectivity index (χ1v) is 10.4. The molecule has 1 aliphatic carbocycles.